The van der Waals surface area contributed by atoms with Gasteiger partial charge in [0, 0.05) is 31.1 Å². The summed E-state index contributed by atoms with van der Waals surface area (Å²) >= 11 is 6.00. The zero-order valence-corrected chi connectivity index (χ0v) is 13.9. The summed E-state index contributed by atoms with van der Waals surface area (Å²) in [5.41, 5.74) is 1.04. The van der Waals surface area contributed by atoms with E-state index in [0.717, 1.165) is 18.7 Å². The largest absolute Gasteiger partial charge is 0.378 e. The Labute approximate surface area is 137 Å². The minimum absolute atomic E-state index is 0. The highest BCUT2D eigenvalue weighted by Crippen LogP contribution is 2.22. The highest BCUT2D eigenvalue weighted by atomic mass is 35.5. The molecule has 1 amide bonds. The van der Waals surface area contributed by atoms with Gasteiger partial charge in [-0.1, -0.05) is 23.7 Å². The fraction of sp³-hybridized carbons (Fsp3) is 0.533. The second kappa shape index (κ2) is 8.59. The topological polar surface area (TPSA) is 41.6 Å². The molecule has 2 atom stereocenters. The molecule has 0 radical (unpaired) electrons. The molecule has 0 aliphatic carbocycles. The first-order chi connectivity index (χ1) is 9.58. The van der Waals surface area contributed by atoms with Crippen LogP contribution in [0.4, 0.5) is 0 Å². The van der Waals surface area contributed by atoms with E-state index in [4.69, 9.17) is 16.3 Å². The first kappa shape index (κ1) is 18.2. The van der Waals surface area contributed by atoms with Crippen LogP contribution in [0.5, 0.6) is 0 Å². The van der Waals surface area contributed by atoms with E-state index in [9.17, 15) is 4.79 Å². The number of halogens is 2. The number of nitrogens with zero attached hydrogens (tertiary/aromatic N) is 1. The van der Waals surface area contributed by atoms with Crippen molar-refractivity contribution in [3.8, 4) is 0 Å². The molecule has 2 rings (SSSR count). The smallest absolute Gasteiger partial charge is 0.224 e. The Morgan fingerprint density at radius 1 is 1.57 bits per heavy atom. The average molecular weight is 333 g/mol. The molecule has 1 aromatic rings. The molecule has 0 bridgehead atoms. The number of carbonyl (C=O) groups excluding carboxylic acids is 1. The fourth-order valence-corrected chi connectivity index (χ4v) is 2.51. The van der Waals surface area contributed by atoms with Crippen molar-refractivity contribution in [1.29, 1.82) is 0 Å². The van der Waals surface area contributed by atoms with Gasteiger partial charge in [0.05, 0.1) is 19.3 Å². The first-order valence-electron chi connectivity index (χ1n) is 6.90. The van der Waals surface area contributed by atoms with Crippen molar-refractivity contribution in [3.05, 3.63) is 34.9 Å². The van der Waals surface area contributed by atoms with Crippen molar-refractivity contribution >= 4 is 29.9 Å². The predicted molar refractivity (Wildman–Crippen MR) is 87.1 cm³/mol. The second-order valence-electron chi connectivity index (χ2n) is 5.17. The van der Waals surface area contributed by atoms with Crippen LogP contribution < -0.4 is 5.32 Å². The molecule has 1 saturated heterocycles. The summed E-state index contributed by atoms with van der Waals surface area (Å²) in [5, 5.41) is 3.99. The van der Waals surface area contributed by atoms with Gasteiger partial charge in [-0.15, -0.1) is 12.4 Å². The number of nitrogens with one attached hydrogen (secondary N) is 1. The van der Waals surface area contributed by atoms with E-state index < -0.39 is 0 Å². The van der Waals surface area contributed by atoms with Crippen LogP contribution in [0.1, 0.15) is 24.9 Å². The highest BCUT2D eigenvalue weighted by molar-refractivity contribution is 6.30. The molecule has 1 aliphatic heterocycles. The average Bonchev–Trinajstić information content (AvgIpc) is 2.46. The number of rotatable bonds is 4. The van der Waals surface area contributed by atoms with Crippen LogP contribution in [0.25, 0.3) is 0 Å². The Morgan fingerprint density at radius 3 is 2.95 bits per heavy atom. The minimum Gasteiger partial charge on any atom is -0.378 e. The zero-order chi connectivity index (χ0) is 14.5. The molecule has 1 N–H and O–H groups in total. The molecule has 1 fully saturated rings. The van der Waals surface area contributed by atoms with Crippen LogP contribution in [0.2, 0.25) is 5.02 Å². The number of hydrogen-bond acceptors (Lipinski definition) is 3. The SMILES string of the molecule is CC(c1cccc(Cl)c1)N(C)C(=O)CC1COCCN1.Cl. The maximum Gasteiger partial charge on any atom is 0.224 e. The van der Waals surface area contributed by atoms with Crippen LogP contribution >= 0.6 is 24.0 Å². The summed E-state index contributed by atoms with van der Waals surface area (Å²) in [6.07, 6.45) is 0.460. The van der Waals surface area contributed by atoms with E-state index in [1.165, 1.54) is 0 Å². The number of morpholine rings is 1. The summed E-state index contributed by atoms with van der Waals surface area (Å²) in [7, 11) is 1.83. The van der Waals surface area contributed by atoms with Gasteiger partial charge >= 0.3 is 0 Å². The monoisotopic (exact) mass is 332 g/mol. The molecule has 0 spiro atoms. The molecule has 4 nitrogen and oxygen atoms in total. The van der Waals surface area contributed by atoms with E-state index in [-0.39, 0.29) is 30.4 Å². The number of benzene rings is 1. The van der Waals surface area contributed by atoms with Crippen molar-refractivity contribution in [3.63, 3.8) is 0 Å². The Bertz CT molecular complexity index is 465. The lowest BCUT2D eigenvalue weighted by Crippen LogP contribution is -2.44. The lowest BCUT2D eigenvalue weighted by molar-refractivity contribution is -0.133. The molecule has 1 aromatic carbocycles. The van der Waals surface area contributed by atoms with Gasteiger partial charge in [-0.25, -0.2) is 0 Å². The lowest BCUT2D eigenvalue weighted by Gasteiger charge is -2.29. The maximum absolute atomic E-state index is 12.3. The quantitative estimate of drug-likeness (QED) is 0.921. The zero-order valence-electron chi connectivity index (χ0n) is 12.3. The molecular weight excluding hydrogens is 311 g/mol. The maximum atomic E-state index is 12.3. The lowest BCUT2D eigenvalue weighted by atomic mass is 10.1. The van der Waals surface area contributed by atoms with Gasteiger partial charge in [-0.05, 0) is 24.6 Å². The van der Waals surface area contributed by atoms with Gasteiger partial charge in [0.25, 0.3) is 0 Å². The van der Waals surface area contributed by atoms with Gasteiger partial charge in [0.15, 0.2) is 0 Å². The second-order valence-corrected chi connectivity index (χ2v) is 5.60. The van der Waals surface area contributed by atoms with Gasteiger partial charge in [-0.3, -0.25) is 4.79 Å². The van der Waals surface area contributed by atoms with E-state index in [1.54, 1.807) is 4.90 Å². The first-order valence-corrected chi connectivity index (χ1v) is 7.28. The normalized spacial score (nSPS) is 19.5. The van der Waals surface area contributed by atoms with Gasteiger partial charge in [0.2, 0.25) is 5.91 Å². The Hall–Kier alpha value is -0.810. The molecule has 2 unspecified atom stereocenters. The molecule has 118 valence electrons. The third kappa shape index (κ3) is 5.15. The summed E-state index contributed by atoms with van der Waals surface area (Å²) < 4.78 is 5.37. The van der Waals surface area contributed by atoms with Crippen LogP contribution in [0, 0.1) is 0 Å². The van der Waals surface area contributed by atoms with E-state index in [1.807, 2.05) is 38.2 Å². The Kier molecular flexibility index (Phi) is 7.46. The van der Waals surface area contributed by atoms with E-state index in [2.05, 4.69) is 5.32 Å². The van der Waals surface area contributed by atoms with Crippen molar-refractivity contribution in [2.75, 3.05) is 26.8 Å². The van der Waals surface area contributed by atoms with Crippen molar-refractivity contribution in [2.45, 2.75) is 25.4 Å². The summed E-state index contributed by atoms with van der Waals surface area (Å²) in [5.74, 6) is 0.112. The fourth-order valence-electron chi connectivity index (χ4n) is 2.31. The summed E-state index contributed by atoms with van der Waals surface area (Å²) in [6.45, 7) is 4.14. The molecule has 0 aromatic heterocycles. The van der Waals surface area contributed by atoms with Crippen molar-refractivity contribution in [2.24, 2.45) is 0 Å². The minimum atomic E-state index is 0. The number of carbonyl (C=O) groups is 1. The molecule has 1 heterocycles. The predicted octanol–water partition coefficient (Wildman–Crippen LogP) is 2.66. The van der Waals surface area contributed by atoms with Crippen LogP contribution in [0.3, 0.4) is 0 Å². The van der Waals surface area contributed by atoms with Crippen molar-refractivity contribution < 1.29 is 9.53 Å². The number of hydrogen-bond donors (Lipinski definition) is 1. The summed E-state index contributed by atoms with van der Waals surface area (Å²) in [6, 6.07) is 7.75. The third-order valence-electron chi connectivity index (χ3n) is 3.72. The van der Waals surface area contributed by atoms with Crippen LogP contribution in [-0.4, -0.2) is 43.7 Å². The van der Waals surface area contributed by atoms with Gasteiger partial charge < -0.3 is 15.0 Å². The molecule has 0 saturated carbocycles. The summed E-state index contributed by atoms with van der Waals surface area (Å²) in [4.78, 5) is 14.1. The molecule has 6 heteroatoms. The highest BCUT2D eigenvalue weighted by Gasteiger charge is 2.22. The Balaban J connectivity index is 0.00000220. The standard InChI is InChI=1S/C15H21ClN2O2.ClH/c1-11(12-4-3-5-13(16)8-12)18(2)15(19)9-14-10-20-7-6-17-14;/h3-5,8,11,14,17H,6-7,9-10H2,1-2H3;1H. The van der Waals surface area contributed by atoms with Gasteiger partial charge in [0.1, 0.15) is 0 Å². The van der Waals surface area contributed by atoms with E-state index in [0.29, 0.717) is 18.1 Å². The Morgan fingerprint density at radius 2 is 2.33 bits per heavy atom. The number of ether oxygens (including phenoxy) is 1. The molecule has 1 aliphatic rings. The molecule has 21 heavy (non-hydrogen) atoms. The van der Waals surface area contributed by atoms with Crippen molar-refractivity contribution in [1.82, 2.24) is 10.2 Å². The van der Waals surface area contributed by atoms with Crippen LogP contribution in [-0.2, 0) is 9.53 Å². The number of amides is 1. The molecular formula is C15H22Cl2N2O2. The van der Waals surface area contributed by atoms with Gasteiger partial charge in [-0.2, -0.15) is 0 Å². The third-order valence-corrected chi connectivity index (χ3v) is 3.96. The van der Waals surface area contributed by atoms with E-state index >= 15 is 0 Å². The van der Waals surface area contributed by atoms with Crippen LogP contribution in [0.15, 0.2) is 24.3 Å².